The van der Waals surface area contributed by atoms with E-state index in [1.165, 1.54) is 11.6 Å². The number of anilines is 1. The van der Waals surface area contributed by atoms with E-state index in [1.807, 2.05) is 22.9 Å². The molecule has 3 N–H and O–H groups in total. The van der Waals surface area contributed by atoms with Gasteiger partial charge in [0.2, 0.25) is 0 Å². The highest BCUT2D eigenvalue weighted by Crippen LogP contribution is 2.38. The highest BCUT2D eigenvalue weighted by Gasteiger charge is 2.30. The summed E-state index contributed by atoms with van der Waals surface area (Å²) in [7, 11) is 0. The minimum Gasteiger partial charge on any atom is -0.351 e. The molecule has 5 rings (SSSR count). The quantitative estimate of drug-likeness (QED) is 0.328. The number of urea groups is 1. The molecule has 3 aromatic carbocycles. The molecule has 37 heavy (non-hydrogen) atoms. The number of nitrogens with zero attached hydrogens (tertiary/aromatic N) is 3. The summed E-state index contributed by atoms with van der Waals surface area (Å²) in [4.78, 5) is 13.8. The fraction of sp³-hybridized carbons (Fsp3) is 0.267. The Hall–Kier alpha value is -3.97. The second-order valence-corrected chi connectivity index (χ2v) is 9.67. The summed E-state index contributed by atoms with van der Waals surface area (Å²) in [6, 6.07) is 21.1. The molecule has 1 aromatic heterocycles. The number of rotatable bonds is 6. The third-order valence-electron chi connectivity index (χ3n) is 7.23. The van der Waals surface area contributed by atoms with Gasteiger partial charge in [0.05, 0.1) is 22.8 Å². The van der Waals surface area contributed by atoms with Gasteiger partial charge in [-0.05, 0) is 49.1 Å². The van der Waals surface area contributed by atoms with Crippen molar-refractivity contribution >= 4 is 11.7 Å². The summed E-state index contributed by atoms with van der Waals surface area (Å²) in [6.45, 7) is 7.98. The summed E-state index contributed by atoms with van der Waals surface area (Å²) in [5, 5.41) is 7.44. The van der Waals surface area contributed by atoms with Crippen molar-refractivity contribution in [2.45, 2.75) is 46.2 Å². The molecule has 1 atom stereocenters. The number of amides is 2. The first kappa shape index (κ1) is 24.7. The predicted octanol–water partition coefficient (Wildman–Crippen LogP) is 6.30. The number of para-hydroxylation sites is 1. The molecule has 0 unspecified atom stereocenters. The van der Waals surface area contributed by atoms with E-state index in [-0.39, 0.29) is 11.7 Å². The Labute approximate surface area is 216 Å². The number of nitrogens with one attached hydrogen (secondary N) is 1. The van der Waals surface area contributed by atoms with Crippen molar-refractivity contribution in [3.8, 4) is 16.9 Å². The van der Waals surface area contributed by atoms with E-state index in [9.17, 15) is 4.79 Å². The number of hydrogen-bond acceptors (Lipinski definition) is 3. The molecule has 2 amide bonds. The SMILES string of the molecule is CC[C@@H](c1ccccc1)N1CCc2nn(-c3c(C)cccc3C)c(-c3ccc(NC(N)=O)c(F)c3)c2C1. The zero-order chi connectivity index (χ0) is 26.1. The van der Waals surface area contributed by atoms with Gasteiger partial charge in [0, 0.05) is 36.7 Å². The van der Waals surface area contributed by atoms with Crippen LogP contribution in [0.3, 0.4) is 0 Å². The first-order chi connectivity index (χ1) is 17.9. The molecule has 0 radical (unpaired) electrons. The lowest BCUT2D eigenvalue weighted by Gasteiger charge is -2.34. The normalized spacial score (nSPS) is 14.3. The van der Waals surface area contributed by atoms with Crippen LogP contribution in [0.5, 0.6) is 0 Å². The first-order valence-electron chi connectivity index (χ1n) is 12.7. The number of hydrogen-bond donors (Lipinski definition) is 2. The van der Waals surface area contributed by atoms with E-state index in [4.69, 9.17) is 10.8 Å². The Balaban J connectivity index is 1.65. The lowest BCUT2D eigenvalue weighted by atomic mass is 9.96. The molecule has 0 fully saturated rings. The molecular formula is C30H32FN5O. The van der Waals surface area contributed by atoms with Crippen molar-refractivity contribution in [1.82, 2.24) is 14.7 Å². The van der Waals surface area contributed by atoms with Crippen molar-refractivity contribution in [2.24, 2.45) is 5.73 Å². The fourth-order valence-corrected chi connectivity index (χ4v) is 5.53. The maximum absolute atomic E-state index is 15.1. The Morgan fingerprint density at radius 1 is 1.08 bits per heavy atom. The van der Waals surface area contributed by atoms with Gasteiger partial charge in [0.1, 0.15) is 5.82 Å². The Kier molecular flexibility index (Phi) is 6.80. The number of halogens is 1. The number of carbonyl (C=O) groups is 1. The van der Waals surface area contributed by atoms with Gasteiger partial charge in [-0.1, -0.05) is 61.5 Å². The molecule has 0 aliphatic carbocycles. The largest absolute Gasteiger partial charge is 0.351 e. The highest BCUT2D eigenvalue weighted by atomic mass is 19.1. The average Bonchev–Trinajstić information content (AvgIpc) is 3.24. The molecule has 1 aliphatic rings. The van der Waals surface area contributed by atoms with E-state index >= 15 is 4.39 Å². The number of aromatic nitrogens is 2. The molecule has 0 spiro atoms. The number of carbonyl (C=O) groups excluding carboxylic acids is 1. The van der Waals surface area contributed by atoms with Crippen LogP contribution >= 0.6 is 0 Å². The van der Waals surface area contributed by atoms with Crippen LogP contribution in [0.15, 0.2) is 66.7 Å². The minimum atomic E-state index is -0.799. The molecule has 4 aromatic rings. The van der Waals surface area contributed by atoms with Crippen molar-refractivity contribution in [3.63, 3.8) is 0 Å². The Bertz CT molecular complexity index is 1430. The van der Waals surface area contributed by atoms with Gasteiger partial charge in [-0.15, -0.1) is 0 Å². The molecule has 7 heteroatoms. The van der Waals surface area contributed by atoms with Crippen LogP contribution in [0.2, 0.25) is 0 Å². The van der Waals surface area contributed by atoms with Crippen molar-refractivity contribution in [1.29, 1.82) is 0 Å². The molecule has 2 heterocycles. The van der Waals surface area contributed by atoms with E-state index in [2.05, 4.69) is 67.4 Å². The van der Waals surface area contributed by atoms with Crippen LogP contribution in [0.1, 0.15) is 47.3 Å². The lowest BCUT2D eigenvalue weighted by Crippen LogP contribution is -2.33. The summed E-state index contributed by atoms with van der Waals surface area (Å²) < 4.78 is 17.1. The number of benzene rings is 3. The summed E-state index contributed by atoms with van der Waals surface area (Å²) in [5.41, 5.74) is 13.5. The van der Waals surface area contributed by atoms with Crippen LogP contribution in [0.25, 0.3) is 16.9 Å². The standard InChI is InChI=1S/C30H32FN5O/c1-4-27(21-11-6-5-7-12-21)35-16-15-25-23(18-35)29(22-13-14-26(24(31)17-22)33-30(32)37)36(34-25)28-19(2)9-8-10-20(28)3/h5-14,17,27H,4,15-16,18H2,1-3H3,(H3,32,33,37)/t27-/m0/s1. The Morgan fingerprint density at radius 2 is 1.81 bits per heavy atom. The van der Waals surface area contributed by atoms with E-state index in [0.717, 1.165) is 53.2 Å². The minimum absolute atomic E-state index is 0.0556. The Morgan fingerprint density at radius 3 is 2.46 bits per heavy atom. The van der Waals surface area contributed by atoms with E-state index in [0.29, 0.717) is 12.1 Å². The molecule has 190 valence electrons. The van der Waals surface area contributed by atoms with Crippen LogP contribution < -0.4 is 11.1 Å². The molecule has 0 saturated carbocycles. The van der Waals surface area contributed by atoms with Crippen molar-refractivity contribution in [3.05, 3.63) is 100 Å². The smallest absolute Gasteiger partial charge is 0.316 e. The maximum Gasteiger partial charge on any atom is 0.316 e. The number of primary amides is 1. The van der Waals surface area contributed by atoms with Gasteiger partial charge in [-0.2, -0.15) is 5.10 Å². The van der Waals surface area contributed by atoms with Gasteiger partial charge >= 0.3 is 6.03 Å². The first-order valence-corrected chi connectivity index (χ1v) is 12.7. The highest BCUT2D eigenvalue weighted by molar-refractivity contribution is 5.88. The van der Waals surface area contributed by atoms with Crippen LogP contribution in [0.4, 0.5) is 14.9 Å². The van der Waals surface area contributed by atoms with Crippen molar-refractivity contribution in [2.75, 3.05) is 11.9 Å². The van der Waals surface area contributed by atoms with Gasteiger partial charge in [0.25, 0.3) is 0 Å². The fourth-order valence-electron chi connectivity index (χ4n) is 5.53. The average molecular weight is 498 g/mol. The van der Waals surface area contributed by atoms with Gasteiger partial charge < -0.3 is 11.1 Å². The van der Waals surface area contributed by atoms with E-state index in [1.54, 1.807) is 6.07 Å². The monoisotopic (exact) mass is 497 g/mol. The summed E-state index contributed by atoms with van der Waals surface area (Å²) in [5.74, 6) is -0.539. The van der Waals surface area contributed by atoms with Crippen molar-refractivity contribution < 1.29 is 9.18 Å². The number of nitrogens with two attached hydrogens (primary N) is 1. The number of aryl methyl sites for hydroxylation is 2. The predicted molar refractivity (Wildman–Crippen MR) is 145 cm³/mol. The molecular weight excluding hydrogens is 465 g/mol. The number of fused-ring (bicyclic) bond motifs is 1. The zero-order valence-corrected chi connectivity index (χ0v) is 21.5. The van der Waals surface area contributed by atoms with Gasteiger partial charge in [0.15, 0.2) is 0 Å². The third-order valence-corrected chi connectivity index (χ3v) is 7.23. The molecule has 6 nitrogen and oxygen atoms in total. The molecule has 0 saturated heterocycles. The second kappa shape index (κ2) is 10.2. The topological polar surface area (TPSA) is 76.2 Å². The maximum atomic E-state index is 15.1. The summed E-state index contributed by atoms with van der Waals surface area (Å²) >= 11 is 0. The molecule has 0 bridgehead atoms. The van der Waals surface area contributed by atoms with Gasteiger partial charge in [-0.3, -0.25) is 4.90 Å². The third kappa shape index (κ3) is 4.74. The van der Waals surface area contributed by atoms with Crippen LogP contribution in [0, 0.1) is 19.7 Å². The van der Waals surface area contributed by atoms with Gasteiger partial charge in [-0.25, -0.2) is 13.9 Å². The van der Waals surface area contributed by atoms with Crippen LogP contribution in [-0.4, -0.2) is 27.3 Å². The summed E-state index contributed by atoms with van der Waals surface area (Å²) in [6.07, 6.45) is 1.80. The zero-order valence-electron chi connectivity index (χ0n) is 21.5. The second-order valence-electron chi connectivity index (χ2n) is 9.67. The lowest BCUT2D eigenvalue weighted by molar-refractivity contribution is 0.174. The molecule has 1 aliphatic heterocycles. The van der Waals surface area contributed by atoms with E-state index < -0.39 is 11.8 Å². The van der Waals surface area contributed by atoms with Crippen LogP contribution in [-0.2, 0) is 13.0 Å².